The van der Waals surface area contributed by atoms with Crippen LogP contribution in [0.25, 0.3) is 0 Å². The summed E-state index contributed by atoms with van der Waals surface area (Å²) in [6, 6.07) is 7.94. The first-order chi connectivity index (χ1) is 10.3. The quantitative estimate of drug-likeness (QED) is 0.892. The number of aliphatic carboxylic acids is 1. The van der Waals surface area contributed by atoms with Crippen LogP contribution in [0.1, 0.15) is 52.0 Å². The molecule has 1 aromatic rings. The van der Waals surface area contributed by atoms with Crippen LogP contribution >= 0.6 is 0 Å². The summed E-state index contributed by atoms with van der Waals surface area (Å²) < 4.78 is 0. The number of rotatable bonds is 3. The molecule has 1 aliphatic rings. The van der Waals surface area contributed by atoms with Crippen molar-refractivity contribution in [3.8, 4) is 0 Å². The Kier molecular flexibility index (Phi) is 4.89. The lowest BCUT2D eigenvalue weighted by molar-refractivity contribution is -0.143. The lowest BCUT2D eigenvalue weighted by Crippen LogP contribution is -2.29. The largest absolute Gasteiger partial charge is 0.481 e. The molecule has 1 saturated carbocycles. The van der Waals surface area contributed by atoms with Crippen LogP contribution in [0.4, 0.5) is 5.69 Å². The molecule has 0 radical (unpaired) electrons. The minimum absolute atomic E-state index is 0.00680. The van der Waals surface area contributed by atoms with Gasteiger partial charge in [0, 0.05) is 11.6 Å². The summed E-state index contributed by atoms with van der Waals surface area (Å²) in [6.45, 7) is 6.46. The van der Waals surface area contributed by atoms with Gasteiger partial charge in [-0.25, -0.2) is 0 Å². The molecule has 0 aromatic heterocycles. The summed E-state index contributed by atoms with van der Waals surface area (Å²) in [5, 5.41) is 11.9. The van der Waals surface area contributed by atoms with Crippen molar-refractivity contribution in [2.24, 2.45) is 11.8 Å². The van der Waals surface area contributed by atoms with Gasteiger partial charge in [0.2, 0.25) is 5.91 Å². The number of hydrogen-bond donors (Lipinski definition) is 2. The number of hydrogen-bond acceptors (Lipinski definition) is 2. The van der Waals surface area contributed by atoms with Crippen LogP contribution in [-0.4, -0.2) is 17.0 Å². The normalized spacial score (nSPS) is 22.1. The highest BCUT2D eigenvalue weighted by Crippen LogP contribution is 2.30. The minimum atomic E-state index is -0.739. The Morgan fingerprint density at radius 3 is 1.95 bits per heavy atom. The molecule has 0 spiro atoms. The van der Waals surface area contributed by atoms with E-state index in [0.717, 1.165) is 5.69 Å². The highest BCUT2D eigenvalue weighted by molar-refractivity contribution is 5.92. The molecule has 4 heteroatoms. The molecule has 0 saturated heterocycles. The van der Waals surface area contributed by atoms with E-state index in [4.69, 9.17) is 5.11 Å². The minimum Gasteiger partial charge on any atom is -0.481 e. The predicted molar refractivity (Wildman–Crippen MR) is 86.9 cm³/mol. The smallest absolute Gasteiger partial charge is 0.306 e. The van der Waals surface area contributed by atoms with Gasteiger partial charge in [-0.2, -0.15) is 0 Å². The third-order valence-corrected chi connectivity index (χ3v) is 4.47. The van der Waals surface area contributed by atoms with Gasteiger partial charge in [0.05, 0.1) is 5.92 Å². The molecule has 22 heavy (non-hydrogen) atoms. The highest BCUT2D eigenvalue weighted by Gasteiger charge is 2.29. The zero-order chi connectivity index (χ0) is 16.3. The second kappa shape index (κ2) is 6.51. The highest BCUT2D eigenvalue weighted by atomic mass is 16.4. The Morgan fingerprint density at radius 1 is 1.00 bits per heavy atom. The van der Waals surface area contributed by atoms with Gasteiger partial charge >= 0.3 is 5.97 Å². The van der Waals surface area contributed by atoms with Gasteiger partial charge in [-0.3, -0.25) is 9.59 Å². The van der Waals surface area contributed by atoms with Gasteiger partial charge in [0.15, 0.2) is 0 Å². The van der Waals surface area contributed by atoms with E-state index in [1.807, 2.05) is 24.3 Å². The fourth-order valence-electron chi connectivity index (χ4n) is 2.90. The van der Waals surface area contributed by atoms with E-state index in [1.54, 1.807) is 0 Å². The number of nitrogens with one attached hydrogen (secondary N) is 1. The zero-order valence-corrected chi connectivity index (χ0v) is 13.6. The fraction of sp³-hybridized carbons (Fsp3) is 0.556. The van der Waals surface area contributed by atoms with Gasteiger partial charge in [-0.1, -0.05) is 32.9 Å². The number of amides is 1. The van der Waals surface area contributed by atoms with Crippen LogP contribution in [-0.2, 0) is 15.0 Å². The third kappa shape index (κ3) is 4.09. The molecule has 4 nitrogen and oxygen atoms in total. The summed E-state index contributed by atoms with van der Waals surface area (Å²) >= 11 is 0. The van der Waals surface area contributed by atoms with E-state index in [2.05, 4.69) is 26.1 Å². The molecule has 1 fully saturated rings. The molecule has 1 amide bonds. The number of benzene rings is 1. The molecule has 2 N–H and O–H groups in total. The predicted octanol–water partition coefficient (Wildman–Crippen LogP) is 3.81. The summed E-state index contributed by atoms with van der Waals surface area (Å²) in [5.74, 6) is -1.09. The third-order valence-electron chi connectivity index (χ3n) is 4.47. The summed E-state index contributed by atoms with van der Waals surface area (Å²) in [5.41, 5.74) is 2.13. The van der Waals surface area contributed by atoms with Gasteiger partial charge in [0.1, 0.15) is 0 Å². The summed E-state index contributed by atoms with van der Waals surface area (Å²) in [7, 11) is 0. The molecule has 0 aliphatic heterocycles. The van der Waals surface area contributed by atoms with E-state index in [1.165, 1.54) is 5.56 Å². The summed E-state index contributed by atoms with van der Waals surface area (Å²) in [4.78, 5) is 23.2. The maximum atomic E-state index is 12.3. The van der Waals surface area contributed by atoms with Crippen LogP contribution < -0.4 is 5.32 Å². The Hall–Kier alpha value is -1.84. The average Bonchev–Trinajstić information content (AvgIpc) is 2.47. The maximum absolute atomic E-state index is 12.3. The Morgan fingerprint density at radius 2 is 1.50 bits per heavy atom. The standard InChI is InChI=1S/C18H25NO3/c1-18(2,3)14-8-10-15(11-9-14)19-16(20)12-4-6-13(7-5-12)17(21)22/h8-13H,4-7H2,1-3H3,(H,19,20)(H,21,22). The Balaban J connectivity index is 1.91. The molecule has 0 atom stereocenters. The van der Waals surface area contributed by atoms with E-state index < -0.39 is 5.97 Å². The maximum Gasteiger partial charge on any atom is 0.306 e. The summed E-state index contributed by atoms with van der Waals surface area (Å²) in [6.07, 6.45) is 2.50. The number of carboxylic acid groups (broad SMARTS) is 1. The van der Waals surface area contributed by atoms with Crippen molar-refractivity contribution < 1.29 is 14.7 Å². The van der Waals surface area contributed by atoms with Crippen LogP contribution in [0.5, 0.6) is 0 Å². The molecule has 0 bridgehead atoms. The molecule has 0 unspecified atom stereocenters. The first-order valence-corrected chi connectivity index (χ1v) is 7.91. The van der Waals surface area contributed by atoms with Gasteiger partial charge in [-0.15, -0.1) is 0 Å². The average molecular weight is 303 g/mol. The van der Waals surface area contributed by atoms with Gasteiger partial charge < -0.3 is 10.4 Å². The Bertz CT molecular complexity index is 534. The van der Waals surface area contributed by atoms with E-state index in [0.29, 0.717) is 25.7 Å². The number of carbonyl (C=O) groups excluding carboxylic acids is 1. The molecular weight excluding hydrogens is 278 g/mol. The molecular formula is C18H25NO3. The molecule has 120 valence electrons. The fourth-order valence-corrected chi connectivity index (χ4v) is 2.90. The van der Waals surface area contributed by atoms with Crippen molar-refractivity contribution >= 4 is 17.6 Å². The van der Waals surface area contributed by atoms with Crippen molar-refractivity contribution in [3.63, 3.8) is 0 Å². The van der Waals surface area contributed by atoms with Crippen molar-refractivity contribution in [2.45, 2.75) is 51.9 Å². The van der Waals surface area contributed by atoms with Gasteiger partial charge in [0.25, 0.3) is 0 Å². The van der Waals surface area contributed by atoms with Crippen LogP contribution in [0.15, 0.2) is 24.3 Å². The van der Waals surface area contributed by atoms with Crippen molar-refractivity contribution in [3.05, 3.63) is 29.8 Å². The first kappa shape index (κ1) is 16.5. The lowest BCUT2D eigenvalue weighted by Gasteiger charge is -2.25. The number of anilines is 1. The van der Waals surface area contributed by atoms with Crippen LogP contribution in [0.3, 0.4) is 0 Å². The van der Waals surface area contributed by atoms with Crippen LogP contribution in [0.2, 0.25) is 0 Å². The zero-order valence-electron chi connectivity index (χ0n) is 13.6. The molecule has 2 rings (SSSR count). The molecule has 1 aliphatic carbocycles. The van der Waals surface area contributed by atoms with Crippen molar-refractivity contribution in [1.29, 1.82) is 0 Å². The van der Waals surface area contributed by atoms with Gasteiger partial charge in [-0.05, 0) is 48.8 Å². The Labute approximate surface area is 131 Å². The number of carbonyl (C=O) groups is 2. The second-order valence-electron chi connectivity index (χ2n) is 7.20. The van der Waals surface area contributed by atoms with Crippen molar-refractivity contribution in [1.82, 2.24) is 0 Å². The number of carboxylic acids is 1. The monoisotopic (exact) mass is 303 g/mol. The van der Waals surface area contributed by atoms with E-state index >= 15 is 0 Å². The molecule has 0 heterocycles. The van der Waals surface area contributed by atoms with E-state index in [-0.39, 0.29) is 23.2 Å². The topological polar surface area (TPSA) is 66.4 Å². The van der Waals surface area contributed by atoms with Crippen LogP contribution in [0, 0.1) is 11.8 Å². The lowest BCUT2D eigenvalue weighted by atomic mass is 9.81. The molecule has 1 aromatic carbocycles. The SMILES string of the molecule is CC(C)(C)c1ccc(NC(=O)C2CCC(C(=O)O)CC2)cc1. The second-order valence-corrected chi connectivity index (χ2v) is 7.20. The van der Waals surface area contributed by atoms with E-state index in [9.17, 15) is 9.59 Å². The first-order valence-electron chi connectivity index (χ1n) is 7.91. The van der Waals surface area contributed by atoms with Crippen molar-refractivity contribution in [2.75, 3.05) is 5.32 Å².